The van der Waals surface area contributed by atoms with Crippen LogP contribution in [0.2, 0.25) is 0 Å². The van der Waals surface area contributed by atoms with Gasteiger partial charge in [-0.2, -0.15) is 0 Å². The highest BCUT2D eigenvalue weighted by molar-refractivity contribution is 5.91. The molecule has 0 fully saturated rings. The number of nitrogens with one attached hydrogen (secondary N) is 1. The molecule has 228 valence electrons. The van der Waals surface area contributed by atoms with Crippen molar-refractivity contribution in [1.82, 2.24) is 5.32 Å². The highest BCUT2D eigenvalue weighted by Gasteiger charge is 2.42. The van der Waals surface area contributed by atoms with Crippen molar-refractivity contribution in [2.75, 3.05) is 13.7 Å². The van der Waals surface area contributed by atoms with Crippen LogP contribution in [0.3, 0.4) is 0 Å². The van der Waals surface area contributed by atoms with Gasteiger partial charge in [-0.05, 0) is 36.4 Å². The fourth-order valence-corrected chi connectivity index (χ4v) is 4.46. The van der Waals surface area contributed by atoms with Gasteiger partial charge < -0.3 is 29.0 Å². The molecule has 0 spiro atoms. The number of rotatable bonds is 11. The van der Waals surface area contributed by atoms with Gasteiger partial charge in [-0.1, -0.05) is 54.6 Å². The molecule has 0 aliphatic carbocycles. The minimum Gasteiger partial charge on any atom is -0.481 e. The van der Waals surface area contributed by atoms with Gasteiger partial charge in [0.1, 0.15) is 31.0 Å². The highest BCUT2D eigenvalue weighted by atomic mass is 16.6. The Bertz CT molecular complexity index is 1490. The Hall–Kier alpha value is -5.45. The first-order valence-electron chi connectivity index (χ1n) is 13.7. The quantitative estimate of drug-likeness (QED) is 0.256. The van der Waals surface area contributed by atoms with E-state index >= 15 is 0 Å². The number of esters is 4. The predicted molar refractivity (Wildman–Crippen MR) is 155 cm³/mol. The van der Waals surface area contributed by atoms with Crippen molar-refractivity contribution in [2.45, 2.75) is 37.7 Å². The van der Waals surface area contributed by atoms with Gasteiger partial charge in [0.15, 0.2) is 0 Å². The van der Waals surface area contributed by atoms with Crippen LogP contribution in [0.1, 0.15) is 44.4 Å². The van der Waals surface area contributed by atoms with E-state index in [1.54, 1.807) is 91.0 Å². The Morgan fingerprint density at radius 2 is 1.27 bits per heavy atom. The third-order valence-electron chi connectivity index (χ3n) is 6.55. The first-order valence-corrected chi connectivity index (χ1v) is 13.7. The number of hydrogen-bond acceptors (Lipinski definition) is 10. The molecular formula is C33H31NO10. The van der Waals surface area contributed by atoms with Crippen molar-refractivity contribution >= 4 is 29.8 Å². The summed E-state index contributed by atoms with van der Waals surface area (Å²) in [6.07, 6.45) is -2.34. The summed E-state index contributed by atoms with van der Waals surface area (Å²) in [5.74, 6) is -3.68. The van der Waals surface area contributed by atoms with E-state index in [1.807, 2.05) is 0 Å². The summed E-state index contributed by atoms with van der Waals surface area (Å²) in [6.45, 7) is 0.881. The van der Waals surface area contributed by atoms with Gasteiger partial charge in [0.2, 0.25) is 11.7 Å². The van der Waals surface area contributed by atoms with Gasteiger partial charge in [-0.3, -0.25) is 4.79 Å². The summed E-state index contributed by atoms with van der Waals surface area (Å²) >= 11 is 0. The normalized spacial score (nSPS) is 18.0. The lowest BCUT2D eigenvalue weighted by molar-refractivity contribution is -0.144. The molecular weight excluding hydrogens is 570 g/mol. The monoisotopic (exact) mass is 601 g/mol. The number of ether oxygens (including phenoxy) is 5. The number of benzene rings is 3. The van der Waals surface area contributed by atoms with Crippen molar-refractivity contribution in [3.8, 4) is 0 Å². The lowest BCUT2D eigenvalue weighted by atomic mass is 9.95. The molecule has 4 atom stereocenters. The van der Waals surface area contributed by atoms with Crippen LogP contribution >= 0.6 is 0 Å². The van der Waals surface area contributed by atoms with Crippen molar-refractivity contribution < 1.29 is 47.7 Å². The summed E-state index contributed by atoms with van der Waals surface area (Å²) in [5.41, 5.74) is 0.779. The summed E-state index contributed by atoms with van der Waals surface area (Å²) < 4.78 is 27.7. The summed E-state index contributed by atoms with van der Waals surface area (Å²) in [5, 5.41) is 2.71. The Morgan fingerprint density at radius 3 is 1.80 bits per heavy atom. The van der Waals surface area contributed by atoms with Gasteiger partial charge in [-0.25, -0.2) is 19.2 Å². The number of amides is 1. The Labute approximate surface area is 253 Å². The van der Waals surface area contributed by atoms with Gasteiger partial charge in [-0.15, -0.1) is 0 Å². The van der Waals surface area contributed by atoms with Crippen LogP contribution in [0, 0.1) is 0 Å². The molecule has 1 aliphatic heterocycles. The second-order valence-corrected chi connectivity index (χ2v) is 9.73. The minimum atomic E-state index is -1.18. The van der Waals surface area contributed by atoms with E-state index in [9.17, 15) is 24.0 Å². The predicted octanol–water partition coefficient (Wildman–Crippen LogP) is 3.65. The van der Waals surface area contributed by atoms with Crippen LogP contribution in [-0.2, 0) is 33.3 Å². The largest absolute Gasteiger partial charge is 0.481 e. The van der Waals surface area contributed by atoms with Crippen molar-refractivity contribution in [3.05, 3.63) is 120 Å². The van der Waals surface area contributed by atoms with Crippen LogP contribution < -0.4 is 5.32 Å². The third kappa shape index (κ3) is 8.54. The minimum absolute atomic E-state index is 0.181. The molecule has 0 saturated carbocycles. The van der Waals surface area contributed by atoms with Gasteiger partial charge in [0.05, 0.1) is 23.8 Å². The van der Waals surface area contributed by atoms with Gasteiger partial charge >= 0.3 is 23.9 Å². The standard InChI is InChI=1S/C33H31NO10/c1-21(35)34-29-26(43-28(33(39)40-2)19-27(29)44-32(38)24-16-10-5-11-17-24)18-25(42-31(37)23-14-8-4-9-15-23)20-41-30(36)22-12-6-3-7-13-22/h3-17,19,25-27,29H,18,20H2,1-2H3,(H,34,35)/t25-,26?,27+,29?/m0/s1. The maximum absolute atomic E-state index is 13.0. The van der Waals surface area contributed by atoms with Crippen molar-refractivity contribution in [2.24, 2.45) is 0 Å². The topological polar surface area (TPSA) is 144 Å². The number of methoxy groups -OCH3 is 1. The summed E-state index contributed by atoms with van der Waals surface area (Å²) in [6, 6.07) is 23.6. The van der Waals surface area contributed by atoms with Crippen LogP contribution in [0.5, 0.6) is 0 Å². The molecule has 4 rings (SSSR count). The SMILES string of the molecule is COC(=O)C1=C[C@@H](OC(=O)c2ccccc2)C(NC(C)=O)C(C[C@@H](COC(=O)c2ccccc2)OC(=O)c2ccccc2)O1. The molecule has 0 bridgehead atoms. The fourth-order valence-electron chi connectivity index (χ4n) is 4.46. The Balaban J connectivity index is 1.62. The van der Waals surface area contributed by atoms with E-state index in [4.69, 9.17) is 23.7 Å². The Morgan fingerprint density at radius 1 is 0.750 bits per heavy atom. The number of hydrogen-bond donors (Lipinski definition) is 1. The number of carbonyl (C=O) groups excluding carboxylic acids is 5. The van der Waals surface area contributed by atoms with E-state index < -0.39 is 54.1 Å². The summed E-state index contributed by atoms with van der Waals surface area (Å²) in [7, 11) is 1.15. The molecule has 3 aromatic rings. The molecule has 1 aliphatic rings. The first kappa shape index (κ1) is 31.5. The maximum atomic E-state index is 13.0. The average Bonchev–Trinajstić information content (AvgIpc) is 3.05. The number of carbonyl (C=O) groups is 5. The molecule has 1 heterocycles. The average molecular weight is 602 g/mol. The van der Waals surface area contributed by atoms with E-state index in [-0.39, 0.29) is 35.5 Å². The lowest BCUT2D eigenvalue weighted by Crippen LogP contribution is -2.55. The smallest absolute Gasteiger partial charge is 0.373 e. The molecule has 11 heteroatoms. The Kier molecular flexibility index (Phi) is 10.8. The van der Waals surface area contributed by atoms with Crippen LogP contribution in [0.25, 0.3) is 0 Å². The van der Waals surface area contributed by atoms with E-state index in [0.717, 1.165) is 7.11 Å². The second kappa shape index (κ2) is 15.1. The fraction of sp³-hybridized carbons (Fsp3) is 0.242. The van der Waals surface area contributed by atoms with E-state index in [0.29, 0.717) is 0 Å². The molecule has 11 nitrogen and oxygen atoms in total. The molecule has 0 aromatic heterocycles. The highest BCUT2D eigenvalue weighted by Crippen LogP contribution is 2.27. The zero-order valence-corrected chi connectivity index (χ0v) is 24.0. The van der Waals surface area contributed by atoms with Crippen LogP contribution in [-0.4, -0.2) is 67.9 Å². The zero-order valence-electron chi connectivity index (χ0n) is 24.0. The molecule has 44 heavy (non-hydrogen) atoms. The molecule has 0 radical (unpaired) electrons. The van der Waals surface area contributed by atoms with Crippen LogP contribution in [0.4, 0.5) is 0 Å². The second-order valence-electron chi connectivity index (χ2n) is 9.73. The molecule has 2 unspecified atom stereocenters. The molecule has 1 N–H and O–H groups in total. The lowest BCUT2D eigenvalue weighted by Gasteiger charge is -2.37. The van der Waals surface area contributed by atoms with Crippen LogP contribution in [0.15, 0.2) is 103 Å². The van der Waals surface area contributed by atoms with E-state index in [1.165, 1.54) is 13.0 Å². The van der Waals surface area contributed by atoms with Gasteiger partial charge in [0.25, 0.3) is 0 Å². The van der Waals surface area contributed by atoms with Crippen molar-refractivity contribution in [1.29, 1.82) is 0 Å². The van der Waals surface area contributed by atoms with E-state index in [2.05, 4.69) is 5.32 Å². The first-order chi connectivity index (χ1) is 21.2. The van der Waals surface area contributed by atoms with Gasteiger partial charge in [0, 0.05) is 19.4 Å². The van der Waals surface area contributed by atoms with Crippen molar-refractivity contribution in [3.63, 3.8) is 0 Å². The molecule has 3 aromatic carbocycles. The zero-order chi connectivity index (χ0) is 31.5. The molecule has 1 amide bonds. The molecule has 0 saturated heterocycles. The third-order valence-corrected chi connectivity index (χ3v) is 6.55. The summed E-state index contributed by atoms with van der Waals surface area (Å²) in [4.78, 5) is 63.6. The maximum Gasteiger partial charge on any atom is 0.373 e.